The Morgan fingerprint density at radius 2 is 2.17 bits per heavy atom. The second-order valence-electron chi connectivity index (χ2n) is 5.14. The van der Waals surface area contributed by atoms with Gasteiger partial charge in [0.2, 0.25) is 6.41 Å². The summed E-state index contributed by atoms with van der Waals surface area (Å²) in [6, 6.07) is 9.94. The van der Waals surface area contributed by atoms with E-state index in [4.69, 9.17) is 16.2 Å². The minimum absolute atomic E-state index is 0.156. The van der Waals surface area contributed by atoms with Crippen LogP contribution in [0.1, 0.15) is 24.2 Å². The summed E-state index contributed by atoms with van der Waals surface area (Å²) in [7, 11) is 0. The van der Waals surface area contributed by atoms with Crippen molar-refractivity contribution in [2.24, 2.45) is 11.5 Å². The van der Waals surface area contributed by atoms with Crippen LogP contribution >= 0.6 is 0 Å². The molecule has 1 heterocycles. The summed E-state index contributed by atoms with van der Waals surface area (Å²) in [5.41, 5.74) is 13.3. The van der Waals surface area contributed by atoms with Gasteiger partial charge in [-0.3, -0.25) is 9.48 Å². The zero-order valence-electron chi connectivity index (χ0n) is 13.4. The fraction of sp³-hybridized carbons (Fsp3) is 0.176. The van der Waals surface area contributed by atoms with Crippen molar-refractivity contribution in [3.8, 4) is 0 Å². The number of nitrogens with zero attached hydrogens (tertiary/aromatic N) is 2. The first-order chi connectivity index (χ1) is 11.6. The van der Waals surface area contributed by atoms with Gasteiger partial charge in [0.05, 0.1) is 6.54 Å². The van der Waals surface area contributed by atoms with Gasteiger partial charge in [-0.2, -0.15) is 5.10 Å². The highest BCUT2D eigenvalue weighted by Gasteiger charge is 2.08. The quantitative estimate of drug-likeness (QED) is 0.385. The van der Waals surface area contributed by atoms with E-state index in [2.05, 4.69) is 10.4 Å². The minimum atomic E-state index is -0.223. The minimum Gasteiger partial charge on any atom is -0.484 e. The standard InChI is InChI=1S/C17H21N5O2/c1-13(24-16(10-18)9-17(19)20-12-23)15-5-3-14(4-6-15)11-22-8-2-7-21-22/h2-10,12-13H,11,18-19H2,1H3,(H,20,23)/b16-10+,17-9+. The van der Waals surface area contributed by atoms with Gasteiger partial charge < -0.3 is 21.5 Å². The van der Waals surface area contributed by atoms with E-state index in [-0.39, 0.29) is 11.9 Å². The predicted octanol–water partition coefficient (Wildman–Crippen LogP) is 1.36. The second-order valence-corrected chi connectivity index (χ2v) is 5.14. The van der Waals surface area contributed by atoms with Crippen molar-refractivity contribution in [3.05, 3.63) is 77.7 Å². The summed E-state index contributed by atoms with van der Waals surface area (Å²) in [5, 5.41) is 6.51. The van der Waals surface area contributed by atoms with Crippen molar-refractivity contribution in [2.45, 2.75) is 19.6 Å². The van der Waals surface area contributed by atoms with Gasteiger partial charge in [0.1, 0.15) is 17.7 Å². The molecule has 24 heavy (non-hydrogen) atoms. The molecule has 0 saturated carbocycles. The van der Waals surface area contributed by atoms with Crippen molar-refractivity contribution in [1.29, 1.82) is 0 Å². The Hall–Kier alpha value is -3.22. The van der Waals surface area contributed by atoms with Gasteiger partial charge in [-0.15, -0.1) is 0 Å². The molecule has 126 valence electrons. The molecule has 0 bridgehead atoms. The molecule has 0 spiro atoms. The SMILES string of the molecule is CC(OC(/C=C(\N)NC=O)=C/N)c1ccc(Cn2cccn2)cc1. The summed E-state index contributed by atoms with van der Waals surface area (Å²) in [5.74, 6) is 0.526. The second kappa shape index (κ2) is 8.42. The molecule has 1 aromatic heterocycles. The summed E-state index contributed by atoms with van der Waals surface area (Å²) in [4.78, 5) is 10.3. The van der Waals surface area contributed by atoms with E-state index in [0.717, 1.165) is 11.1 Å². The molecule has 1 unspecified atom stereocenters. The van der Waals surface area contributed by atoms with Crippen LogP contribution in [0.5, 0.6) is 0 Å². The number of aromatic nitrogens is 2. The smallest absolute Gasteiger partial charge is 0.212 e. The van der Waals surface area contributed by atoms with E-state index < -0.39 is 0 Å². The molecule has 0 aliphatic carbocycles. The van der Waals surface area contributed by atoms with Crippen LogP contribution in [-0.4, -0.2) is 16.2 Å². The van der Waals surface area contributed by atoms with Crippen molar-refractivity contribution >= 4 is 6.41 Å². The van der Waals surface area contributed by atoms with Crippen molar-refractivity contribution in [2.75, 3.05) is 0 Å². The van der Waals surface area contributed by atoms with Gasteiger partial charge >= 0.3 is 0 Å². The molecule has 1 amide bonds. The topological polar surface area (TPSA) is 108 Å². The Balaban J connectivity index is 2.00. The van der Waals surface area contributed by atoms with Crippen LogP contribution in [0.3, 0.4) is 0 Å². The van der Waals surface area contributed by atoms with Gasteiger partial charge in [-0.25, -0.2) is 0 Å². The van der Waals surface area contributed by atoms with E-state index in [1.54, 1.807) is 6.20 Å². The highest BCUT2D eigenvalue weighted by Crippen LogP contribution is 2.21. The zero-order valence-corrected chi connectivity index (χ0v) is 13.4. The Bertz CT molecular complexity index is 705. The van der Waals surface area contributed by atoms with Crippen LogP contribution in [0.4, 0.5) is 0 Å². The van der Waals surface area contributed by atoms with Crippen molar-refractivity contribution < 1.29 is 9.53 Å². The zero-order chi connectivity index (χ0) is 17.4. The lowest BCUT2D eigenvalue weighted by molar-refractivity contribution is -0.108. The largest absolute Gasteiger partial charge is 0.484 e. The number of ether oxygens (including phenoxy) is 1. The molecule has 1 aromatic carbocycles. The number of carbonyl (C=O) groups excluding carboxylic acids is 1. The van der Waals surface area contributed by atoms with E-state index in [0.29, 0.717) is 18.7 Å². The van der Waals surface area contributed by atoms with Gasteiger partial charge in [-0.1, -0.05) is 24.3 Å². The fourth-order valence-corrected chi connectivity index (χ4v) is 2.13. The first-order valence-electron chi connectivity index (χ1n) is 7.44. The number of allylic oxidation sites excluding steroid dienone is 1. The molecule has 2 aromatic rings. The molecule has 0 aliphatic rings. The summed E-state index contributed by atoms with van der Waals surface area (Å²) in [6.07, 6.45) is 6.69. The number of benzene rings is 1. The normalized spacial score (nSPS) is 13.4. The maximum atomic E-state index is 10.3. The van der Waals surface area contributed by atoms with Crippen LogP contribution in [0.25, 0.3) is 0 Å². The number of rotatable bonds is 8. The maximum absolute atomic E-state index is 10.3. The number of nitrogens with one attached hydrogen (secondary N) is 1. The highest BCUT2D eigenvalue weighted by atomic mass is 16.5. The molecular weight excluding hydrogens is 306 g/mol. The van der Waals surface area contributed by atoms with Crippen LogP contribution in [0, 0.1) is 0 Å². The van der Waals surface area contributed by atoms with Gasteiger partial charge in [0.25, 0.3) is 0 Å². The van der Waals surface area contributed by atoms with Crippen LogP contribution in [0.2, 0.25) is 0 Å². The molecule has 0 fully saturated rings. The average Bonchev–Trinajstić information content (AvgIpc) is 3.08. The number of amides is 1. The van der Waals surface area contributed by atoms with Gasteiger partial charge in [0, 0.05) is 24.7 Å². The summed E-state index contributed by atoms with van der Waals surface area (Å²) >= 11 is 0. The Morgan fingerprint density at radius 3 is 2.75 bits per heavy atom. The monoisotopic (exact) mass is 327 g/mol. The third-order valence-corrected chi connectivity index (χ3v) is 3.35. The van der Waals surface area contributed by atoms with Gasteiger partial charge in [0.15, 0.2) is 0 Å². The first kappa shape index (κ1) is 17.1. The molecule has 1 atom stereocenters. The fourth-order valence-electron chi connectivity index (χ4n) is 2.13. The van der Waals surface area contributed by atoms with Crippen LogP contribution in [-0.2, 0) is 16.1 Å². The lowest BCUT2D eigenvalue weighted by atomic mass is 10.1. The average molecular weight is 327 g/mol. The lowest BCUT2D eigenvalue weighted by Gasteiger charge is -2.16. The van der Waals surface area contributed by atoms with Gasteiger partial charge in [-0.05, 0) is 24.1 Å². The number of hydrogen-bond donors (Lipinski definition) is 3. The number of nitrogens with two attached hydrogens (primary N) is 2. The molecule has 7 nitrogen and oxygen atoms in total. The van der Waals surface area contributed by atoms with Crippen molar-refractivity contribution in [1.82, 2.24) is 15.1 Å². The molecule has 2 rings (SSSR count). The summed E-state index contributed by atoms with van der Waals surface area (Å²) < 4.78 is 7.61. The van der Waals surface area contributed by atoms with Crippen molar-refractivity contribution in [3.63, 3.8) is 0 Å². The molecule has 0 saturated heterocycles. The predicted molar refractivity (Wildman–Crippen MR) is 91.0 cm³/mol. The molecular formula is C17H21N5O2. The van der Waals surface area contributed by atoms with E-state index in [1.165, 1.54) is 12.3 Å². The Labute approximate surface area is 140 Å². The molecule has 0 aliphatic heterocycles. The Morgan fingerprint density at radius 1 is 1.42 bits per heavy atom. The number of hydrogen-bond acceptors (Lipinski definition) is 5. The highest BCUT2D eigenvalue weighted by molar-refractivity contribution is 5.49. The third-order valence-electron chi connectivity index (χ3n) is 3.35. The van der Waals surface area contributed by atoms with E-state index in [1.807, 2.05) is 48.1 Å². The maximum Gasteiger partial charge on any atom is 0.212 e. The number of carbonyl (C=O) groups is 1. The summed E-state index contributed by atoms with van der Waals surface area (Å²) in [6.45, 7) is 2.62. The van der Waals surface area contributed by atoms with Crippen LogP contribution in [0.15, 0.2) is 66.6 Å². The first-order valence-corrected chi connectivity index (χ1v) is 7.44. The molecule has 5 N–H and O–H groups in total. The third kappa shape index (κ3) is 4.91. The lowest BCUT2D eigenvalue weighted by Crippen LogP contribution is -2.18. The Kier molecular flexibility index (Phi) is 6.01. The van der Waals surface area contributed by atoms with Crippen LogP contribution < -0.4 is 16.8 Å². The van der Waals surface area contributed by atoms with E-state index in [9.17, 15) is 4.79 Å². The van der Waals surface area contributed by atoms with E-state index >= 15 is 0 Å². The molecule has 0 radical (unpaired) electrons. The molecule has 7 heteroatoms.